The summed E-state index contributed by atoms with van der Waals surface area (Å²) in [6.07, 6.45) is 0. The third-order valence-corrected chi connectivity index (χ3v) is 5.92. The summed E-state index contributed by atoms with van der Waals surface area (Å²) in [5.74, 6) is -0.353. The number of sulfonamides is 1. The highest BCUT2D eigenvalue weighted by molar-refractivity contribution is 7.89. The molecule has 1 amide bonds. The van der Waals surface area contributed by atoms with Gasteiger partial charge in [0, 0.05) is 25.6 Å². The van der Waals surface area contributed by atoms with Crippen LogP contribution in [0.15, 0.2) is 41.3 Å². The highest BCUT2D eigenvalue weighted by Crippen LogP contribution is 2.30. The van der Waals surface area contributed by atoms with Gasteiger partial charge in [0.15, 0.2) is 0 Å². The van der Waals surface area contributed by atoms with E-state index in [0.717, 1.165) is 5.56 Å². The van der Waals surface area contributed by atoms with Crippen LogP contribution in [0.5, 0.6) is 5.75 Å². The average molecular weight is 378 g/mol. The molecule has 6 nitrogen and oxygen atoms in total. The molecule has 0 saturated carbocycles. The second-order valence-corrected chi connectivity index (χ2v) is 8.03. The van der Waals surface area contributed by atoms with Crippen LogP contribution >= 0.6 is 0 Å². The molecule has 8 heteroatoms. The van der Waals surface area contributed by atoms with Crippen LogP contribution in [-0.2, 0) is 21.4 Å². The van der Waals surface area contributed by atoms with E-state index in [9.17, 15) is 17.6 Å². The average Bonchev–Trinajstić information content (AvgIpc) is 2.78. The van der Waals surface area contributed by atoms with Gasteiger partial charge in [-0.2, -0.15) is 4.31 Å². The lowest BCUT2D eigenvalue weighted by molar-refractivity contribution is -0.114. The summed E-state index contributed by atoms with van der Waals surface area (Å²) in [5, 5.41) is 2.55. The summed E-state index contributed by atoms with van der Waals surface area (Å²) in [7, 11) is -3.92. The number of hydrogen-bond acceptors (Lipinski definition) is 4. The topological polar surface area (TPSA) is 75.7 Å². The van der Waals surface area contributed by atoms with E-state index >= 15 is 0 Å². The Hall–Kier alpha value is -2.45. The molecule has 0 saturated heterocycles. The van der Waals surface area contributed by atoms with Crippen molar-refractivity contribution in [2.75, 3.05) is 18.5 Å². The Bertz CT molecular complexity index is 960. The fourth-order valence-electron chi connectivity index (χ4n) is 2.82. The normalized spacial score (nSPS) is 14.9. The summed E-state index contributed by atoms with van der Waals surface area (Å²) in [6, 6.07) is 8.84. The molecule has 0 aromatic heterocycles. The molecule has 0 aliphatic carbocycles. The monoisotopic (exact) mass is 378 g/mol. The van der Waals surface area contributed by atoms with Gasteiger partial charge in [0.2, 0.25) is 15.9 Å². The molecular formula is C18H19FN2O4S. The quantitative estimate of drug-likeness (QED) is 0.891. The molecule has 1 heterocycles. The zero-order chi connectivity index (χ0) is 18.9. The zero-order valence-electron chi connectivity index (χ0n) is 14.5. The summed E-state index contributed by atoms with van der Waals surface area (Å²) >= 11 is 0. The third kappa shape index (κ3) is 3.71. The van der Waals surface area contributed by atoms with Gasteiger partial charge in [0.1, 0.15) is 23.1 Å². The second kappa shape index (κ2) is 7.05. The molecule has 0 spiro atoms. The molecule has 2 aromatic carbocycles. The molecule has 1 aliphatic heterocycles. The van der Waals surface area contributed by atoms with Gasteiger partial charge in [-0.15, -0.1) is 0 Å². The van der Waals surface area contributed by atoms with Gasteiger partial charge in [-0.25, -0.2) is 12.8 Å². The standard InChI is InChI=1S/C18H19FN2O4S/c1-12-3-5-16(20-13(2)22)18(9-12)26(23,24)21-7-8-25-17-6-4-15(19)10-14(17)11-21/h3-6,9-10H,7-8,11H2,1-2H3,(H,20,22). The van der Waals surface area contributed by atoms with Crippen LogP contribution < -0.4 is 10.1 Å². The lowest BCUT2D eigenvalue weighted by Gasteiger charge is -2.21. The van der Waals surface area contributed by atoms with E-state index < -0.39 is 15.8 Å². The minimum atomic E-state index is -3.92. The van der Waals surface area contributed by atoms with Crippen molar-refractivity contribution in [3.63, 3.8) is 0 Å². The Morgan fingerprint density at radius 2 is 2.00 bits per heavy atom. The molecule has 0 unspecified atom stereocenters. The van der Waals surface area contributed by atoms with Gasteiger partial charge in [0.25, 0.3) is 0 Å². The fourth-order valence-corrected chi connectivity index (χ4v) is 4.45. The largest absolute Gasteiger partial charge is 0.492 e. The smallest absolute Gasteiger partial charge is 0.245 e. The Morgan fingerprint density at radius 3 is 2.73 bits per heavy atom. The molecule has 0 bridgehead atoms. The maximum absolute atomic E-state index is 13.6. The van der Waals surface area contributed by atoms with E-state index in [2.05, 4.69) is 5.32 Å². The number of benzene rings is 2. The number of ether oxygens (including phenoxy) is 1. The lowest BCUT2D eigenvalue weighted by atomic mass is 10.2. The van der Waals surface area contributed by atoms with Crippen LogP contribution in [0.3, 0.4) is 0 Å². The summed E-state index contributed by atoms with van der Waals surface area (Å²) in [4.78, 5) is 11.4. The van der Waals surface area contributed by atoms with Crippen molar-refractivity contribution in [3.05, 3.63) is 53.3 Å². The second-order valence-electron chi connectivity index (χ2n) is 6.12. The van der Waals surface area contributed by atoms with Crippen LogP contribution in [0, 0.1) is 12.7 Å². The van der Waals surface area contributed by atoms with Gasteiger partial charge in [-0.05, 0) is 42.8 Å². The number of hydrogen-bond donors (Lipinski definition) is 1. The van der Waals surface area contributed by atoms with Crippen molar-refractivity contribution in [2.24, 2.45) is 0 Å². The van der Waals surface area contributed by atoms with E-state index in [1.165, 1.54) is 35.5 Å². The Labute approximate surface area is 151 Å². The Kier molecular flexibility index (Phi) is 4.97. The minimum Gasteiger partial charge on any atom is -0.492 e. The van der Waals surface area contributed by atoms with E-state index in [1.807, 2.05) is 0 Å². The van der Waals surface area contributed by atoms with E-state index in [1.54, 1.807) is 19.1 Å². The number of nitrogens with zero attached hydrogens (tertiary/aromatic N) is 1. The van der Waals surface area contributed by atoms with Crippen molar-refractivity contribution in [1.29, 1.82) is 0 Å². The molecule has 3 rings (SSSR count). The molecule has 0 atom stereocenters. The van der Waals surface area contributed by atoms with Gasteiger partial charge >= 0.3 is 0 Å². The van der Waals surface area contributed by atoms with Crippen LogP contribution in [0.25, 0.3) is 0 Å². The van der Waals surface area contributed by atoms with Crippen LogP contribution in [-0.4, -0.2) is 31.8 Å². The van der Waals surface area contributed by atoms with Crippen molar-refractivity contribution in [2.45, 2.75) is 25.3 Å². The zero-order valence-corrected chi connectivity index (χ0v) is 15.3. The summed E-state index contributed by atoms with van der Waals surface area (Å²) < 4.78 is 46.8. The molecule has 0 radical (unpaired) electrons. The third-order valence-electron chi connectivity index (χ3n) is 4.03. The Balaban J connectivity index is 2.03. The van der Waals surface area contributed by atoms with Crippen LogP contribution in [0.1, 0.15) is 18.1 Å². The summed E-state index contributed by atoms with van der Waals surface area (Å²) in [5.41, 5.74) is 1.42. The highest BCUT2D eigenvalue weighted by atomic mass is 32.2. The Morgan fingerprint density at radius 1 is 1.23 bits per heavy atom. The molecule has 138 valence electrons. The molecule has 1 aliphatic rings. The number of carbonyl (C=O) groups excluding carboxylic acids is 1. The number of aryl methyl sites for hydroxylation is 1. The number of rotatable bonds is 3. The van der Waals surface area contributed by atoms with Crippen molar-refractivity contribution in [3.8, 4) is 5.75 Å². The molecule has 26 heavy (non-hydrogen) atoms. The number of carbonyl (C=O) groups is 1. The summed E-state index contributed by atoms with van der Waals surface area (Å²) in [6.45, 7) is 3.34. The maximum Gasteiger partial charge on any atom is 0.245 e. The highest BCUT2D eigenvalue weighted by Gasteiger charge is 2.30. The lowest BCUT2D eigenvalue weighted by Crippen LogP contribution is -2.33. The van der Waals surface area contributed by atoms with Gasteiger partial charge < -0.3 is 10.1 Å². The van der Waals surface area contributed by atoms with Gasteiger partial charge in [0.05, 0.1) is 5.69 Å². The predicted octanol–water partition coefficient (Wildman–Crippen LogP) is 2.68. The minimum absolute atomic E-state index is 0.00699. The van der Waals surface area contributed by atoms with Crippen molar-refractivity contribution < 1.29 is 22.3 Å². The van der Waals surface area contributed by atoms with Crippen LogP contribution in [0.4, 0.5) is 10.1 Å². The van der Waals surface area contributed by atoms with E-state index in [-0.39, 0.29) is 36.2 Å². The van der Waals surface area contributed by atoms with Gasteiger partial charge in [-0.3, -0.25) is 4.79 Å². The first-order chi connectivity index (χ1) is 12.3. The number of halogens is 1. The van der Waals surface area contributed by atoms with E-state index in [4.69, 9.17) is 4.74 Å². The predicted molar refractivity (Wildman–Crippen MR) is 95.0 cm³/mol. The van der Waals surface area contributed by atoms with Gasteiger partial charge in [-0.1, -0.05) is 6.07 Å². The molecule has 2 aromatic rings. The number of anilines is 1. The number of amides is 1. The van der Waals surface area contributed by atoms with Crippen molar-refractivity contribution >= 4 is 21.6 Å². The fraction of sp³-hybridized carbons (Fsp3) is 0.278. The molecule has 0 fully saturated rings. The maximum atomic E-state index is 13.6. The first-order valence-corrected chi connectivity index (χ1v) is 9.51. The molecular weight excluding hydrogens is 359 g/mol. The van der Waals surface area contributed by atoms with Crippen LogP contribution in [0.2, 0.25) is 0 Å². The van der Waals surface area contributed by atoms with E-state index in [0.29, 0.717) is 11.3 Å². The molecule has 1 N–H and O–H groups in total. The first kappa shape index (κ1) is 18.3. The van der Waals surface area contributed by atoms with Crippen molar-refractivity contribution in [1.82, 2.24) is 4.31 Å². The number of nitrogens with one attached hydrogen (secondary N) is 1. The SMILES string of the molecule is CC(=O)Nc1ccc(C)cc1S(=O)(=O)N1CCOc2ccc(F)cc2C1. The first-order valence-electron chi connectivity index (χ1n) is 8.07. The number of fused-ring (bicyclic) bond motifs is 1.